The maximum Gasteiger partial charge on any atom is 0.319 e. The first kappa shape index (κ1) is 19.6. The zero-order valence-electron chi connectivity index (χ0n) is 15.3. The third kappa shape index (κ3) is 4.95. The van der Waals surface area contributed by atoms with Crippen molar-refractivity contribution in [2.45, 2.75) is 13.8 Å². The standard InChI is InChI=1S/C18H19ClFN7O/c1-11-24-16(10-17(25-11)27-8-7-21-12(27)2)22-5-6-23-18(28)26-13-3-4-15(20)14(19)9-13/h3-4,7-10H,5-6H2,1-2H3,(H,22,24,25)(H2,23,26,28). The van der Waals surface area contributed by atoms with Gasteiger partial charge >= 0.3 is 6.03 Å². The first-order valence-electron chi connectivity index (χ1n) is 8.52. The van der Waals surface area contributed by atoms with Crippen LogP contribution in [0, 0.1) is 19.7 Å². The number of benzene rings is 1. The Morgan fingerprint density at radius 1 is 1.21 bits per heavy atom. The van der Waals surface area contributed by atoms with E-state index in [-0.39, 0.29) is 5.02 Å². The van der Waals surface area contributed by atoms with E-state index in [1.165, 1.54) is 18.2 Å². The van der Waals surface area contributed by atoms with Crippen molar-refractivity contribution in [1.29, 1.82) is 0 Å². The summed E-state index contributed by atoms with van der Waals surface area (Å²) in [5, 5.41) is 8.37. The Labute approximate surface area is 166 Å². The van der Waals surface area contributed by atoms with Gasteiger partial charge in [-0.05, 0) is 32.0 Å². The number of amides is 2. The van der Waals surface area contributed by atoms with Gasteiger partial charge in [-0.3, -0.25) is 4.57 Å². The molecule has 0 spiro atoms. The van der Waals surface area contributed by atoms with Crippen molar-refractivity contribution in [3.05, 3.63) is 59.1 Å². The third-order valence-corrected chi connectivity index (χ3v) is 4.08. The van der Waals surface area contributed by atoms with Gasteiger partial charge in [0.15, 0.2) is 0 Å². The normalized spacial score (nSPS) is 10.6. The Morgan fingerprint density at radius 3 is 2.75 bits per heavy atom. The molecule has 28 heavy (non-hydrogen) atoms. The summed E-state index contributed by atoms with van der Waals surface area (Å²) in [6.07, 6.45) is 3.53. The van der Waals surface area contributed by atoms with Crippen LogP contribution in [-0.2, 0) is 0 Å². The predicted octanol–water partition coefficient (Wildman–Crippen LogP) is 3.31. The number of aromatic nitrogens is 4. The fourth-order valence-corrected chi connectivity index (χ4v) is 2.68. The van der Waals surface area contributed by atoms with Crippen LogP contribution in [0.25, 0.3) is 5.82 Å². The molecule has 2 amide bonds. The number of nitrogens with zero attached hydrogens (tertiary/aromatic N) is 4. The van der Waals surface area contributed by atoms with Crippen molar-refractivity contribution in [1.82, 2.24) is 24.8 Å². The number of hydrogen-bond donors (Lipinski definition) is 3. The number of carbonyl (C=O) groups excluding carboxylic acids is 1. The average molecular weight is 404 g/mol. The number of nitrogens with one attached hydrogen (secondary N) is 3. The van der Waals surface area contributed by atoms with Gasteiger partial charge in [0, 0.05) is 37.2 Å². The Bertz CT molecular complexity index is 992. The lowest BCUT2D eigenvalue weighted by molar-refractivity contribution is 0.252. The average Bonchev–Trinajstić information content (AvgIpc) is 3.07. The second-order valence-electron chi connectivity index (χ2n) is 5.94. The van der Waals surface area contributed by atoms with E-state index in [0.717, 1.165) is 5.82 Å². The Kier molecular flexibility index (Phi) is 6.05. The zero-order chi connectivity index (χ0) is 20.1. The van der Waals surface area contributed by atoms with Crippen LogP contribution >= 0.6 is 11.6 Å². The van der Waals surface area contributed by atoms with E-state index in [1.54, 1.807) is 13.1 Å². The molecule has 0 bridgehead atoms. The van der Waals surface area contributed by atoms with Crippen LogP contribution < -0.4 is 16.0 Å². The molecule has 3 rings (SSSR count). The molecule has 10 heteroatoms. The predicted molar refractivity (Wildman–Crippen MR) is 106 cm³/mol. The van der Waals surface area contributed by atoms with E-state index in [9.17, 15) is 9.18 Å². The van der Waals surface area contributed by atoms with Crippen LogP contribution in [0.15, 0.2) is 36.7 Å². The van der Waals surface area contributed by atoms with Gasteiger partial charge < -0.3 is 16.0 Å². The Balaban J connectivity index is 1.51. The minimum atomic E-state index is -0.540. The van der Waals surface area contributed by atoms with E-state index in [1.807, 2.05) is 23.8 Å². The number of hydrogen-bond acceptors (Lipinski definition) is 5. The SMILES string of the molecule is Cc1nc(NCCNC(=O)Nc2ccc(F)c(Cl)c2)cc(-n2ccnc2C)n1. The largest absolute Gasteiger partial charge is 0.368 e. The van der Waals surface area contributed by atoms with Crippen LogP contribution in [0.3, 0.4) is 0 Å². The van der Waals surface area contributed by atoms with Crippen molar-refractivity contribution in [3.8, 4) is 5.82 Å². The molecule has 146 valence electrons. The number of rotatable bonds is 6. The number of aryl methyl sites for hydroxylation is 2. The third-order valence-electron chi connectivity index (χ3n) is 3.79. The van der Waals surface area contributed by atoms with Gasteiger partial charge in [0.05, 0.1) is 5.02 Å². The molecule has 0 atom stereocenters. The molecule has 0 aliphatic rings. The summed E-state index contributed by atoms with van der Waals surface area (Å²) in [7, 11) is 0. The highest BCUT2D eigenvalue weighted by atomic mass is 35.5. The molecule has 2 heterocycles. The van der Waals surface area contributed by atoms with Crippen molar-refractivity contribution in [2.75, 3.05) is 23.7 Å². The topological polar surface area (TPSA) is 96.8 Å². The van der Waals surface area contributed by atoms with Crippen molar-refractivity contribution >= 4 is 29.1 Å². The number of imidazole rings is 1. The molecule has 0 aliphatic heterocycles. The molecule has 8 nitrogen and oxygen atoms in total. The van der Waals surface area contributed by atoms with Gasteiger partial charge in [0.2, 0.25) is 0 Å². The van der Waals surface area contributed by atoms with E-state index >= 15 is 0 Å². The lowest BCUT2D eigenvalue weighted by Crippen LogP contribution is -2.32. The van der Waals surface area contributed by atoms with Crippen LogP contribution in [0.2, 0.25) is 5.02 Å². The number of urea groups is 1. The first-order chi connectivity index (χ1) is 13.4. The second-order valence-corrected chi connectivity index (χ2v) is 6.35. The zero-order valence-corrected chi connectivity index (χ0v) is 16.1. The lowest BCUT2D eigenvalue weighted by atomic mass is 10.3. The second kappa shape index (κ2) is 8.66. The van der Waals surface area contributed by atoms with Gasteiger partial charge in [0.25, 0.3) is 0 Å². The van der Waals surface area contributed by atoms with Crippen molar-refractivity contribution < 1.29 is 9.18 Å². The molecular weight excluding hydrogens is 385 g/mol. The molecule has 1 aromatic carbocycles. The van der Waals surface area contributed by atoms with Gasteiger partial charge in [-0.1, -0.05) is 11.6 Å². The lowest BCUT2D eigenvalue weighted by Gasteiger charge is -2.11. The first-order valence-corrected chi connectivity index (χ1v) is 8.90. The summed E-state index contributed by atoms with van der Waals surface area (Å²) in [6, 6.07) is 5.36. The molecule has 0 radical (unpaired) electrons. The molecule has 3 N–H and O–H groups in total. The molecular formula is C18H19ClFN7O. The van der Waals surface area contributed by atoms with E-state index in [2.05, 4.69) is 30.9 Å². The minimum absolute atomic E-state index is 0.0532. The highest BCUT2D eigenvalue weighted by Gasteiger charge is 2.07. The highest BCUT2D eigenvalue weighted by Crippen LogP contribution is 2.19. The summed E-state index contributed by atoms with van der Waals surface area (Å²) < 4.78 is 15.0. The molecule has 0 aliphatic carbocycles. The quantitative estimate of drug-likeness (QED) is 0.549. The van der Waals surface area contributed by atoms with Crippen LogP contribution in [0.5, 0.6) is 0 Å². The maximum atomic E-state index is 13.1. The molecule has 0 fully saturated rings. The minimum Gasteiger partial charge on any atom is -0.368 e. The van der Waals surface area contributed by atoms with Crippen molar-refractivity contribution in [2.24, 2.45) is 0 Å². The number of halogens is 2. The van der Waals surface area contributed by atoms with Crippen LogP contribution in [0.1, 0.15) is 11.6 Å². The smallest absolute Gasteiger partial charge is 0.319 e. The summed E-state index contributed by atoms with van der Waals surface area (Å²) in [5.41, 5.74) is 0.406. The summed E-state index contributed by atoms with van der Waals surface area (Å²) >= 11 is 5.69. The van der Waals surface area contributed by atoms with Crippen LogP contribution in [-0.4, -0.2) is 38.6 Å². The number of carbonyl (C=O) groups is 1. The summed E-state index contributed by atoms with van der Waals surface area (Å²) in [6.45, 7) is 4.50. The fourth-order valence-electron chi connectivity index (χ4n) is 2.50. The molecule has 0 saturated carbocycles. The van der Waals surface area contributed by atoms with Gasteiger partial charge in [-0.25, -0.2) is 24.1 Å². The fraction of sp³-hybridized carbons (Fsp3) is 0.222. The molecule has 0 saturated heterocycles. The van der Waals surface area contributed by atoms with E-state index in [4.69, 9.17) is 11.6 Å². The van der Waals surface area contributed by atoms with Gasteiger partial charge in [-0.2, -0.15) is 0 Å². The Hall–Kier alpha value is -3.20. The van der Waals surface area contributed by atoms with Gasteiger partial charge in [0.1, 0.15) is 29.1 Å². The Morgan fingerprint density at radius 2 is 2.04 bits per heavy atom. The maximum absolute atomic E-state index is 13.1. The molecule has 2 aromatic heterocycles. The molecule has 0 unspecified atom stereocenters. The molecule has 3 aromatic rings. The summed E-state index contributed by atoms with van der Waals surface area (Å²) in [4.78, 5) is 24.8. The van der Waals surface area contributed by atoms with E-state index in [0.29, 0.717) is 36.2 Å². The highest BCUT2D eigenvalue weighted by molar-refractivity contribution is 6.31. The van der Waals surface area contributed by atoms with Crippen molar-refractivity contribution in [3.63, 3.8) is 0 Å². The van der Waals surface area contributed by atoms with Crippen LogP contribution in [0.4, 0.5) is 20.7 Å². The monoisotopic (exact) mass is 403 g/mol. The summed E-state index contributed by atoms with van der Waals surface area (Å²) in [5.74, 6) is 2.25. The van der Waals surface area contributed by atoms with E-state index < -0.39 is 11.8 Å². The number of anilines is 2. The van der Waals surface area contributed by atoms with Gasteiger partial charge in [-0.15, -0.1) is 0 Å².